The van der Waals surface area contributed by atoms with Crippen LogP contribution in [0.5, 0.6) is 0 Å². The van der Waals surface area contributed by atoms with Crippen LogP contribution in [0, 0.1) is 17.8 Å². The van der Waals surface area contributed by atoms with E-state index in [0.29, 0.717) is 5.75 Å². The number of amides is 9. The van der Waals surface area contributed by atoms with Gasteiger partial charge in [0.05, 0.1) is 37.8 Å². The van der Waals surface area contributed by atoms with E-state index in [4.69, 9.17) is 17.2 Å². The number of aliphatic imine (C=N–C) groups is 1. The summed E-state index contributed by atoms with van der Waals surface area (Å²) in [5, 5.41) is 71.0. The molecule has 0 saturated carbocycles. The number of carboxylic acids is 2. The Morgan fingerprint density at radius 3 is 1.45 bits per heavy atom. The summed E-state index contributed by atoms with van der Waals surface area (Å²) in [7, 11) is 0. The Morgan fingerprint density at radius 2 is 0.987 bits per heavy atom. The third-order valence-electron chi connectivity index (χ3n) is 10.9. The molecule has 0 aromatic heterocycles. The zero-order valence-corrected chi connectivity index (χ0v) is 44.8. The van der Waals surface area contributed by atoms with E-state index in [1.165, 1.54) is 18.7 Å². The minimum Gasteiger partial charge on any atom is -0.481 e. The number of thioether (sulfide) groups is 1. The highest BCUT2D eigenvalue weighted by molar-refractivity contribution is 7.98. The van der Waals surface area contributed by atoms with Gasteiger partial charge in [0.15, 0.2) is 5.96 Å². The van der Waals surface area contributed by atoms with Crippen molar-refractivity contribution >= 4 is 82.8 Å². The molecule has 20 N–H and O–H groups in total. The molecular formula is C45H81N13O16S. The smallest absolute Gasteiger partial charge is 0.326 e. The summed E-state index contributed by atoms with van der Waals surface area (Å²) in [6.07, 6.45) is -2.42. The van der Waals surface area contributed by atoms with E-state index in [-0.39, 0.29) is 62.4 Å². The molecule has 0 bridgehead atoms. The van der Waals surface area contributed by atoms with Crippen molar-refractivity contribution in [1.29, 1.82) is 0 Å². The van der Waals surface area contributed by atoms with Crippen molar-refractivity contribution in [3.05, 3.63) is 0 Å². The van der Waals surface area contributed by atoms with Crippen LogP contribution in [0.25, 0.3) is 0 Å². The number of hydrogen-bond acceptors (Lipinski definition) is 17. The molecule has 0 rings (SSSR count). The summed E-state index contributed by atoms with van der Waals surface area (Å²) in [5.41, 5.74) is 16.5. The van der Waals surface area contributed by atoms with Crippen LogP contribution < -0.4 is 65.1 Å². The van der Waals surface area contributed by atoms with E-state index in [9.17, 15) is 78.3 Å². The maximum Gasteiger partial charge on any atom is 0.326 e. The van der Waals surface area contributed by atoms with Crippen LogP contribution in [0.2, 0.25) is 0 Å². The molecule has 428 valence electrons. The van der Waals surface area contributed by atoms with Crippen LogP contribution in [-0.2, 0) is 52.7 Å². The van der Waals surface area contributed by atoms with Gasteiger partial charge < -0.3 is 90.6 Å². The molecule has 0 aliphatic rings. The fraction of sp³-hybridized carbons (Fsp3) is 0.733. The minimum absolute atomic E-state index is 0.00378. The Labute approximate surface area is 440 Å². The van der Waals surface area contributed by atoms with Gasteiger partial charge in [-0.15, -0.1) is 0 Å². The number of aliphatic carboxylic acids is 2. The molecule has 0 aromatic carbocycles. The first-order chi connectivity index (χ1) is 34.9. The molecule has 9 amide bonds. The maximum atomic E-state index is 13.6. The lowest BCUT2D eigenvalue weighted by Gasteiger charge is -2.28. The average Bonchev–Trinajstić information content (AvgIpc) is 3.30. The molecule has 0 saturated heterocycles. The third-order valence-corrected chi connectivity index (χ3v) is 11.5. The number of aliphatic hydroxyl groups is 3. The number of hydrogen-bond donors (Lipinski definition) is 17. The summed E-state index contributed by atoms with van der Waals surface area (Å²) in [6, 6.07) is -13.6. The average molecular weight is 1090 g/mol. The molecular weight excluding hydrogens is 1010 g/mol. The van der Waals surface area contributed by atoms with Gasteiger partial charge in [-0.2, -0.15) is 11.8 Å². The van der Waals surface area contributed by atoms with Gasteiger partial charge in [-0.1, -0.05) is 41.5 Å². The number of carbonyl (C=O) groups excluding carboxylic acids is 9. The van der Waals surface area contributed by atoms with Crippen LogP contribution in [0.1, 0.15) is 93.9 Å². The van der Waals surface area contributed by atoms with E-state index in [0.717, 1.165) is 6.92 Å². The Morgan fingerprint density at radius 1 is 0.547 bits per heavy atom. The minimum atomic E-state index is -1.91. The van der Waals surface area contributed by atoms with Crippen molar-refractivity contribution in [2.45, 2.75) is 160 Å². The molecule has 30 heteroatoms. The van der Waals surface area contributed by atoms with E-state index in [1.54, 1.807) is 47.8 Å². The molecule has 0 aromatic rings. The Hall–Kier alpha value is -6.37. The van der Waals surface area contributed by atoms with Crippen molar-refractivity contribution in [2.24, 2.45) is 39.9 Å². The number of guanidine groups is 1. The first-order valence-electron chi connectivity index (χ1n) is 24.3. The van der Waals surface area contributed by atoms with Crippen LogP contribution in [-0.4, -0.2) is 195 Å². The summed E-state index contributed by atoms with van der Waals surface area (Å²) in [4.78, 5) is 147. The zero-order chi connectivity index (χ0) is 57.9. The van der Waals surface area contributed by atoms with E-state index < -0.39 is 151 Å². The van der Waals surface area contributed by atoms with E-state index in [2.05, 4.69) is 52.8 Å². The predicted molar refractivity (Wildman–Crippen MR) is 273 cm³/mol. The molecule has 29 nitrogen and oxygen atoms in total. The number of carbonyl (C=O) groups is 11. The fourth-order valence-electron chi connectivity index (χ4n) is 6.74. The zero-order valence-electron chi connectivity index (χ0n) is 44.0. The molecule has 0 aliphatic carbocycles. The van der Waals surface area contributed by atoms with Crippen LogP contribution in [0.4, 0.5) is 0 Å². The Bertz CT molecular complexity index is 1970. The first-order valence-corrected chi connectivity index (χ1v) is 25.7. The molecule has 11 atom stereocenters. The molecule has 0 aliphatic heterocycles. The van der Waals surface area contributed by atoms with Gasteiger partial charge in [0.1, 0.15) is 48.3 Å². The van der Waals surface area contributed by atoms with E-state index >= 15 is 0 Å². The molecule has 0 unspecified atom stereocenters. The lowest BCUT2D eigenvalue weighted by Crippen LogP contribution is -2.61. The number of rotatable bonds is 36. The Kier molecular flexibility index (Phi) is 32.0. The number of nitrogens with zero attached hydrogens (tertiary/aromatic N) is 1. The fourth-order valence-corrected chi connectivity index (χ4v) is 7.21. The van der Waals surface area contributed by atoms with Crippen molar-refractivity contribution in [1.82, 2.24) is 47.9 Å². The van der Waals surface area contributed by atoms with Crippen molar-refractivity contribution in [3.8, 4) is 0 Å². The third kappa shape index (κ3) is 27.1. The topological polar surface area (TPSA) is 488 Å². The van der Waals surface area contributed by atoms with Gasteiger partial charge in [-0.3, -0.25) is 52.9 Å². The molecule has 0 fully saturated rings. The molecule has 75 heavy (non-hydrogen) atoms. The largest absolute Gasteiger partial charge is 0.481 e. The maximum absolute atomic E-state index is 13.6. The molecule has 0 radical (unpaired) electrons. The van der Waals surface area contributed by atoms with Gasteiger partial charge >= 0.3 is 11.9 Å². The first kappa shape index (κ1) is 68.6. The summed E-state index contributed by atoms with van der Waals surface area (Å²) >= 11 is 1.42. The van der Waals surface area contributed by atoms with Crippen LogP contribution in [0.15, 0.2) is 4.99 Å². The summed E-state index contributed by atoms with van der Waals surface area (Å²) < 4.78 is 0. The van der Waals surface area contributed by atoms with Crippen LogP contribution >= 0.6 is 11.8 Å². The highest BCUT2D eigenvalue weighted by Gasteiger charge is 2.36. The Balaban J connectivity index is 6.08. The highest BCUT2D eigenvalue weighted by Crippen LogP contribution is 2.11. The molecule has 0 spiro atoms. The monoisotopic (exact) mass is 1090 g/mol. The van der Waals surface area contributed by atoms with Crippen LogP contribution in [0.3, 0.4) is 0 Å². The highest BCUT2D eigenvalue weighted by atomic mass is 32.2. The second kappa shape index (κ2) is 35.0. The van der Waals surface area contributed by atoms with Crippen molar-refractivity contribution in [3.63, 3.8) is 0 Å². The van der Waals surface area contributed by atoms with Gasteiger partial charge in [0.25, 0.3) is 0 Å². The number of nitrogens with two attached hydrogens (primary N) is 3. The standard InChI is InChI=1S/C45H81N13O16S/c1-20(2)15-27(37(66)56-30(19-59)40(69)54-29(17-32(63)64)38(67)52-26(44(73)74)11-10-13-49-45(47)48)55-43(72)35(24(8)61)57-31(62)18-50-42(71)34(23(7)60)58-39(68)28(16-21(3)4)53-36(65)25(12-14-75-9)51-41(70)33(46)22(5)6/h20-30,33-35,59-61H,10-19,46H2,1-9H3,(H,50,71)(H,51,70)(H,52,67)(H,53,65)(H,54,69)(H,55,72)(H,56,66)(H,57,62)(H,58,68)(H,63,64)(H,73,74)(H4,47,48,49)/t23-,24-,25+,26+,27+,28+,29+,30+,33+,34+,35+/m1/s1. The quantitative estimate of drug-likeness (QED) is 0.0158. The number of nitrogens with one attached hydrogen (secondary N) is 9. The second-order valence-corrected chi connectivity index (χ2v) is 20.0. The normalized spacial score (nSPS) is 15.6. The van der Waals surface area contributed by atoms with Gasteiger partial charge in [-0.25, -0.2) is 4.79 Å². The van der Waals surface area contributed by atoms with Crippen molar-refractivity contribution in [2.75, 3.05) is 31.7 Å². The molecule has 0 heterocycles. The second-order valence-electron chi connectivity index (χ2n) is 19.0. The summed E-state index contributed by atoms with van der Waals surface area (Å²) in [5.74, 6) is -12.6. The van der Waals surface area contributed by atoms with Gasteiger partial charge in [-0.05, 0) is 75.7 Å². The lowest BCUT2D eigenvalue weighted by atomic mass is 10.0. The SMILES string of the molecule is CSCC[C@H](NC(=O)[C@@H](N)C(C)C)C(=O)N[C@@H](CC(C)C)C(=O)N[C@H](C(=O)NCC(=O)N[C@H](C(=O)N[C@@H](CC(C)C)C(=O)N[C@@H](CO)C(=O)N[C@@H](CC(=O)O)C(=O)N[C@@H](CCCN=C(N)N)C(=O)O)[C@@H](C)O)[C@@H](C)O. The van der Waals surface area contributed by atoms with E-state index in [1.807, 2.05) is 0 Å². The lowest BCUT2D eigenvalue weighted by molar-refractivity contribution is -0.144. The summed E-state index contributed by atoms with van der Waals surface area (Å²) in [6.45, 7) is 10.6. The van der Waals surface area contributed by atoms with Gasteiger partial charge in [0, 0.05) is 6.54 Å². The number of carboxylic acid groups (broad SMARTS) is 2. The number of aliphatic hydroxyl groups excluding tert-OH is 3. The predicted octanol–water partition coefficient (Wildman–Crippen LogP) is -5.82. The van der Waals surface area contributed by atoms with Crippen molar-refractivity contribution < 1.29 is 78.3 Å². The van der Waals surface area contributed by atoms with Gasteiger partial charge in [0.2, 0.25) is 53.2 Å².